The van der Waals surface area contributed by atoms with Crippen molar-refractivity contribution in [2.75, 3.05) is 18.1 Å². The van der Waals surface area contributed by atoms with E-state index in [0.29, 0.717) is 19.5 Å². The zero-order valence-electron chi connectivity index (χ0n) is 17.2. The SMILES string of the molecule is CSc1cccc(NC(=O)N2CCC[C@@H]2C(=O)NCc2csc(-c3ccccc3)n2)c1. The van der Waals surface area contributed by atoms with Crippen LogP contribution in [0.15, 0.2) is 64.9 Å². The average Bonchev–Trinajstić information content (AvgIpc) is 3.48. The van der Waals surface area contributed by atoms with Gasteiger partial charge in [-0.25, -0.2) is 9.78 Å². The lowest BCUT2D eigenvalue weighted by Crippen LogP contribution is -2.47. The van der Waals surface area contributed by atoms with Crippen LogP contribution in [-0.2, 0) is 11.3 Å². The number of anilines is 1. The Hall–Kier alpha value is -2.84. The van der Waals surface area contributed by atoms with Crippen LogP contribution < -0.4 is 10.6 Å². The van der Waals surface area contributed by atoms with Crippen molar-refractivity contribution < 1.29 is 9.59 Å². The Kier molecular flexibility index (Phi) is 6.89. The Balaban J connectivity index is 1.34. The van der Waals surface area contributed by atoms with Gasteiger partial charge in [0.25, 0.3) is 0 Å². The third-order valence-corrected chi connectivity index (χ3v) is 6.82. The first kappa shape index (κ1) is 21.4. The number of thioether (sulfide) groups is 1. The first-order valence-electron chi connectivity index (χ1n) is 10.1. The number of aromatic nitrogens is 1. The zero-order valence-corrected chi connectivity index (χ0v) is 18.8. The fourth-order valence-electron chi connectivity index (χ4n) is 3.58. The van der Waals surface area contributed by atoms with E-state index in [9.17, 15) is 9.59 Å². The number of likely N-dealkylation sites (tertiary alicyclic amines) is 1. The smallest absolute Gasteiger partial charge is 0.322 e. The summed E-state index contributed by atoms with van der Waals surface area (Å²) in [5, 5.41) is 8.76. The lowest BCUT2D eigenvalue weighted by molar-refractivity contribution is -0.124. The van der Waals surface area contributed by atoms with Gasteiger partial charge in [0.2, 0.25) is 5.91 Å². The molecule has 3 aromatic rings. The number of benzene rings is 2. The molecule has 2 aromatic carbocycles. The zero-order chi connectivity index (χ0) is 21.6. The van der Waals surface area contributed by atoms with Crippen molar-refractivity contribution in [1.82, 2.24) is 15.2 Å². The molecule has 1 aliphatic heterocycles. The monoisotopic (exact) mass is 452 g/mol. The summed E-state index contributed by atoms with van der Waals surface area (Å²) >= 11 is 3.18. The number of nitrogens with zero attached hydrogens (tertiary/aromatic N) is 2. The molecule has 0 spiro atoms. The molecule has 0 bridgehead atoms. The molecular formula is C23H24N4O2S2. The molecule has 4 rings (SSSR count). The van der Waals surface area contributed by atoms with Crippen molar-refractivity contribution in [3.8, 4) is 10.6 Å². The maximum atomic E-state index is 12.8. The number of rotatable bonds is 6. The summed E-state index contributed by atoms with van der Waals surface area (Å²) in [5.41, 5.74) is 2.62. The predicted octanol–water partition coefficient (Wildman–Crippen LogP) is 4.84. The van der Waals surface area contributed by atoms with Crippen LogP contribution in [0.4, 0.5) is 10.5 Å². The lowest BCUT2D eigenvalue weighted by atomic mass is 10.2. The van der Waals surface area contributed by atoms with Crippen LogP contribution >= 0.6 is 23.1 Å². The van der Waals surface area contributed by atoms with Crippen LogP contribution in [0.2, 0.25) is 0 Å². The van der Waals surface area contributed by atoms with Gasteiger partial charge < -0.3 is 15.5 Å². The number of carbonyl (C=O) groups is 2. The number of thiazole rings is 1. The molecule has 0 radical (unpaired) electrons. The minimum absolute atomic E-state index is 0.139. The highest BCUT2D eigenvalue weighted by molar-refractivity contribution is 7.98. The molecule has 31 heavy (non-hydrogen) atoms. The summed E-state index contributed by atoms with van der Waals surface area (Å²) in [6.45, 7) is 0.922. The van der Waals surface area contributed by atoms with Crippen molar-refractivity contribution in [3.05, 3.63) is 65.7 Å². The molecule has 1 saturated heterocycles. The Morgan fingerprint density at radius 2 is 2.03 bits per heavy atom. The second kappa shape index (κ2) is 9.98. The van der Waals surface area contributed by atoms with Gasteiger partial charge in [-0.05, 0) is 37.3 Å². The Labute approximate surface area is 190 Å². The number of amides is 3. The van der Waals surface area contributed by atoms with Gasteiger partial charge in [0.05, 0.1) is 12.2 Å². The van der Waals surface area contributed by atoms with E-state index in [1.807, 2.05) is 66.2 Å². The van der Waals surface area contributed by atoms with Gasteiger partial charge in [-0.15, -0.1) is 23.1 Å². The first-order chi connectivity index (χ1) is 15.1. The maximum Gasteiger partial charge on any atom is 0.322 e. The third-order valence-electron chi connectivity index (χ3n) is 5.15. The van der Waals surface area contributed by atoms with E-state index in [-0.39, 0.29) is 11.9 Å². The van der Waals surface area contributed by atoms with Gasteiger partial charge in [-0.2, -0.15) is 0 Å². The summed E-state index contributed by atoms with van der Waals surface area (Å²) in [6.07, 6.45) is 3.47. The van der Waals surface area contributed by atoms with Crippen molar-refractivity contribution >= 4 is 40.7 Å². The Morgan fingerprint density at radius 3 is 2.84 bits per heavy atom. The summed E-state index contributed by atoms with van der Waals surface area (Å²) in [4.78, 5) is 32.9. The third kappa shape index (κ3) is 5.26. The van der Waals surface area contributed by atoms with Crippen molar-refractivity contribution in [1.29, 1.82) is 0 Å². The van der Waals surface area contributed by atoms with E-state index in [2.05, 4.69) is 15.6 Å². The van der Waals surface area contributed by atoms with Gasteiger partial charge in [0.15, 0.2) is 0 Å². The largest absolute Gasteiger partial charge is 0.349 e. The molecule has 2 heterocycles. The van der Waals surface area contributed by atoms with Crippen molar-refractivity contribution in [2.24, 2.45) is 0 Å². The molecule has 1 fully saturated rings. The summed E-state index contributed by atoms with van der Waals surface area (Å²) in [6, 6.07) is 17.0. The fraction of sp³-hybridized carbons (Fsp3) is 0.261. The number of hydrogen-bond acceptors (Lipinski definition) is 5. The molecule has 160 valence electrons. The van der Waals surface area contributed by atoms with Crippen LogP contribution in [0.1, 0.15) is 18.5 Å². The molecule has 1 aliphatic rings. The van der Waals surface area contributed by atoms with Crippen LogP contribution in [0.3, 0.4) is 0 Å². The Morgan fingerprint density at radius 1 is 1.19 bits per heavy atom. The van der Waals surface area contributed by atoms with E-state index in [1.165, 1.54) is 0 Å². The molecule has 1 atom stereocenters. The second-order valence-electron chi connectivity index (χ2n) is 7.24. The van der Waals surface area contributed by atoms with Crippen LogP contribution in [0.25, 0.3) is 10.6 Å². The minimum Gasteiger partial charge on any atom is -0.349 e. The van der Waals surface area contributed by atoms with Crippen molar-refractivity contribution in [2.45, 2.75) is 30.3 Å². The quantitative estimate of drug-likeness (QED) is 0.525. The van der Waals surface area contributed by atoms with E-state index < -0.39 is 6.04 Å². The first-order valence-corrected chi connectivity index (χ1v) is 12.2. The predicted molar refractivity (Wildman–Crippen MR) is 126 cm³/mol. The average molecular weight is 453 g/mol. The lowest BCUT2D eigenvalue weighted by Gasteiger charge is -2.24. The normalized spacial score (nSPS) is 15.6. The summed E-state index contributed by atoms with van der Waals surface area (Å²) in [7, 11) is 0. The fourth-order valence-corrected chi connectivity index (χ4v) is 4.86. The van der Waals surface area contributed by atoms with Gasteiger partial charge in [0.1, 0.15) is 11.0 Å². The molecule has 8 heteroatoms. The standard InChI is InChI=1S/C23H24N4O2S2/c1-30-19-10-5-9-17(13-19)26-23(29)27-12-6-11-20(27)21(28)24-14-18-15-31-22(25-18)16-7-3-2-4-8-16/h2-5,7-10,13,15,20H,6,11-12,14H2,1H3,(H,24,28)(H,26,29)/t20-/m1/s1. The van der Waals surface area contributed by atoms with Gasteiger partial charge >= 0.3 is 6.03 Å². The van der Waals surface area contributed by atoms with Crippen molar-refractivity contribution in [3.63, 3.8) is 0 Å². The molecular weight excluding hydrogens is 428 g/mol. The highest BCUT2D eigenvalue weighted by atomic mass is 32.2. The Bertz CT molecular complexity index is 1050. The molecule has 0 saturated carbocycles. The summed E-state index contributed by atoms with van der Waals surface area (Å²) in [5.74, 6) is -0.139. The number of hydrogen-bond donors (Lipinski definition) is 2. The van der Waals surface area contributed by atoms with Crippen LogP contribution in [-0.4, -0.2) is 40.7 Å². The highest BCUT2D eigenvalue weighted by Crippen LogP contribution is 2.24. The van der Waals surface area contributed by atoms with Crippen LogP contribution in [0.5, 0.6) is 0 Å². The van der Waals surface area contributed by atoms with E-state index in [4.69, 9.17) is 0 Å². The number of carbonyl (C=O) groups excluding carboxylic acids is 2. The number of nitrogens with one attached hydrogen (secondary N) is 2. The van der Waals surface area contributed by atoms with E-state index in [1.54, 1.807) is 28.0 Å². The second-order valence-corrected chi connectivity index (χ2v) is 8.98. The van der Waals surface area contributed by atoms with Crippen LogP contribution in [0, 0.1) is 0 Å². The molecule has 6 nitrogen and oxygen atoms in total. The molecule has 2 N–H and O–H groups in total. The summed E-state index contributed by atoms with van der Waals surface area (Å²) < 4.78 is 0. The van der Waals surface area contributed by atoms with E-state index >= 15 is 0 Å². The van der Waals surface area contributed by atoms with Gasteiger partial charge in [0, 0.05) is 28.1 Å². The number of urea groups is 1. The highest BCUT2D eigenvalue weighted by Gasteiger charge is 2.34. The van der Waals surface area contributed by atoms with E-state index in [0.717, 1.165) is 33.3 Å². The molecule has 1 aromatic heterocycles. The maximum absolute atomic E-state index is 12.8. The molecule has 3 amide bonds. The topological polar surface area (TPSA) is 74.3 Å². The van der Waals surface area contributed by atoms with Gasteiger partial charge in [-0.3, -0.25) is 4.79 Å². The molecule has 0 aliphatic carbocycles. The van der Waals surface area contributed by atoms with Gasteiger partial charge in [-0.1, -0.05) is 36.4 Å². The molecule has 0 unspecified atom stereocenters. The minimum atomic E-state index is -0.462.